The largest absolute Gasteiger partial charge is 0.467 e. The smallest absolute Gasteiger partial charge is 0.334 e. The zero-order chi connectivity index (χ0) is 22.9. The highest BCUT2D eigenvalue weighted by molar-refractivity contribution is 5.89. The summed E-state index contributed by atoms with van der Waals surface area (Å²) in [5, 5.41) is 3.84. The summed E-state index contributed by atoms with van der Waals surface area (Å²) in [5.74, 6) is -0.813. The minimum absolute atomic E-state index is 0.0726. The molecule has 1 aromatic heterocycles. The van der Waals surface area contributed by atoms with E-state index in [-0.39, 0.29) is 11.9 Å². The maximum atomic E-state index is 13.4. The van der Waals surface area contributed by atoms with Crippen LogP contribution >= 0.6 is 0 Å². The Balaban J connectivity index is 1.60. The lowest BCUT2D eigenvalue weighted by molar-refractivity contribution is -0.147. The Morgan fingerprint density at radius 2 is 1.84 bits per heavy atom. The number of para-hydroxylation sites is 1. The topological polar surface area (TPSA) is 83.7 Å². The van der Waals surface area contributed by atoms with Gasteiger partial charge < -0.3 is 19.8 Å². The summed E-state index contributed by atoms with van der Waals surface area (Å²) in [4.78, 5) is 31.2. The molecule has 0 radical (unpaired) electrons. The molecule has 1 amide bonds. The minimum Gasteiger partial charge on any atom is -0.467 e. The summed E-state index contributed by atoms with van der Waals surface area (Å²) >= 11 is 0. The van der Waals surface area contributed by atoms with Gasteiger partial charge in [-0.25, -0.2) is 4.79 Å². The summed E-state index contributed by atoms with van der Waals surface area (Å²) in [6, 6.07) is 18.0. The van der Waals surface area contributed by atoms with Crippen LogP contribution in [-0.4, -0.2) is 47.2 Å². The van der Waals surface area contributed by atoms with Gasteiger partial charge in [-0.15, -0.1) is 0 Å². The molecule has 32 heavy (non-hydrogen) atoms. The number of nitrogens with one attached hydrogen (secondary N) is 2. The third-order valence-electron chi connectivity index (χ3n) is 6.12. The molecule has 3 aromatic rings. The van der Waals surface area contributed by atoms with Crippen molar-refractivity contribution in [2.75, 3.05) is 13.7 Å². The Morgan fingerprint density at radius 3 is 2.53 bits per heavy atom. The summed E-state index contributed by atoms with van der Waals surface area (Å²) < 4.78 is 11.0. The summed E-state index contributed by atoms with van der Waals surface area (Å²) in [5.41, 5.74) is 1.91. The second-order valence-electron chi connectivity index (χ2n) is 8.54. The molecule has 168 valence electrons. The average molecular weight is 436 g/mol. The first-order valence-electron chi connectivity index (χ1n) is 10.7. The highest BCUT2D eigenvalue weighted by atomic mass is 16.5. The first-order valence-corrected chi connectivity index (χ1v) is 10.7. The van der Waals surface area contributed by atoms with Crippen molar-refractivity contribution in [1.82, 2.24) is 15.2 Å². The van der Waals surface area contributed by atoms with E-state index < -0.39 is 23.8 Å². The average Bonchev–Trinajstić information content (AvgIpc) is 3.36. The van der Waals surface area contributed by atoms with E-state index in [1.165, 1.54) is 7.11 Å². The van der Waals surface area contributed by atoms with Gasteiger partial charge in [0.2, 0.25) is 5.91 Å². The van der Waals surface area contributed by atoms with E-state index >= 15 is 0 Å². The Kier molecular flexibility index (Phi) is 6.04. The molecule has 1 aliphatic rings. The number of H-pyrrole nitrogens is 1. The molecule has 2 N–H and O–H groups in total. The maximum absolute atomic E-state index is 13.4. The number of aromatic nitrogens is 1. The highest BCUT2D eigenvalue weighted by Crippen LogP contribution is 2.38. The first-order chi connectivity index (χ1) is 15.3. The van der Waals surface area contributed by atoms with E-state index in [1.807, 2.05) is 81.4 Å². The van der Waals surface area contributed by atoms with Crippen LogP contribution in [0.25, 0.3) is 10.9 Å². The number of aromatic amines is 1. The molecule has 1 fully saturated rings. The number of carbonyl (C=O) groups excluding carboxylic acids is 2. The van der Waals surface area contributed by atoms with E-state index in [1.54, 1.807) is 0 Å². The summed E-state index contributed by atoms with van der Waals surface area (Å²) in [6.07, 6.45) is 0. The fraction of sp³-hybridized carbons (Fsp3) is 0.360. The molecule has 3 atom stereocenters. The lowest BCUT2D eigenvalue weighted by atomic mass is 10.0. The SMILES string of the molecule is COC(=O)[C@@H](NC(=O)[C@@H](C)N1[C@H](c2ccccc2)COC1(C)C)c1cc2ccccc2[nH]1. The third kappa shape index (κ3) is 4.13. The monoisotopic (exact) mass is 435 g/mol. The van der Waals surface area contributed by atoms with Gasteiger partial charge in [0.1, 0.15) is 5.72 Å². The van der Waals surface area contributed by atoms with Crippen molar-refractivity contribution in [3.8, 4) is 0 Å². The highest BCUT2D eigenvalue weighted by Gasteiger charge is 2.46. The summed E-state index contributed by atoms with van der Waals surface area (Å²) in [7, 11) is 1.32. The van der Waals surface area contributed by atoms with Crippen molar-refractivity contribution >= 4 is 22.8 Å². The van der Waals surface area contributed by atoms with Crippen LogP contribution in [0.3, 0.4) is 0 Å². The molecule has 0 bridgehead atoms. The number of hydrogen-bond acceptors (Lipinski definition) is 5. The second-order valence-corrected chi connectivity index (χ2v) is 8.54. The molecule has 0 unspecified atom stereocenters. The first kappa shape index (κ1) is 22.0. The van der Waals surface area contributed by atoms with Crippen LogP contribution in [0, 0.1) is 0 Å². The molecule has 0 spiro atoms. The summed E-state index contributed by atoms with van der Waals surface area (Å²) in [6.45, 7) is 6.22. The van der Waals surface area contributed by atoms with Crippen molar-refractivity contribution in [1.29, 1.82) is 0 Å². The molecule has 1 saturated heterocycles. The number of carbonyl (C=O) groups is 2. The quantitative estimate of drug-likeness (QED) is 0.577. The molecule has 2 aromatic carbocycles. The van der Waals surface area contributed by atoms with Crippen molar-refractivity contribution in [3.05, 3.63) is 71.9 Å². The Hall–Kier alpha value is -3.16. The van der Waals surface area contributed by atoms with Crippen molar-refractivity contribution in [2.24, 2.45) is 0 Å². The van der Waals surface area contributed by atoms with Crippen LogP contribution in [0.5, 0.6) is 0 Å². The Bertz CT molecular complexity index is 1080. The maximum Gasteiger partial charge on any atom is 0.334 e. The van der Waals surface area contributed by atoms with Gasteiger partial charge in [0.15, 0.2) is 6.04 Å². The van der Waals surface area contributed by atoms with Gasteiger partial charge in [-0.05, 0) is 43.9 Å². The van der Waals surface area contributed by atoms with Crippen LogP contribution in [0.4, 0.5) is 0 Å². The van der Waals surface area contributed by atoms with Crippen molar-refractivity contribution in [2.45, 2.75) is 44.6 Å². The standard InChI is InChI=1S/C25H29N3O4/c1-16(28-21(15-32-25(28,2)3)17-10-6-5-7-11-17)23(29)27-22(24(30)31-4)20-14-18-12-8-9-13-19(18)26-20/h5-14,16,21-22,26H,15H2,1-4H3,(H,27,29)/t16-,21+,22+/m1/s1. The molecule has 0 aliphatic carbocycles. The van der Waals surface area contributed by atoms with Gasteiger partial charge in [0, 0.05) is 5.52 Å². The van der Waals surface area contributed by atoms with Crippen LogP contribution in [0.15, 0.2) is 60.7 Å². The Morgan fingerprint density at radius 1 is 1.16 bits per heavy atom. The van der Waals surface area contributed by atoms with Gasteiger partial charge >= 0.3 is 5.97 Å². The zero-order valence-electron chi connectivity index (χ0n) is 18.8. The van der Waals surface area contributed by atoms with Crippen molar-refractivity contribution < 1.29 is 19.1 Å². The van der Waals surface area contributed by atoms with E-state index in [2.05, 4.69) is 15.2 Å². The normalized spacial score (nSPS) is 20.1. The predicted octanol–water partition coefficient (Wildman–Crippen LogP) is 3.70. The van der Waals surface area contributed by atoms with Gasteiger partial charge in [0.05, 0.1) is 31.5 Å². The van der Waals surface area contributed by atoms with E-state index in [4.69, 9.17) is 9.47 Å². The lowest BCUT2D eigenvalue weighted by Gasteiger charge is -2.38. The number of benzene rings is 2. The fourth-order valence-electron chi connectivity index (χ4n) is 4.50. The number of amides is 1. The zero-order valence-corrected chi connectivity index (χ0v) is 18.8. The number of nitrogens with zero attached hydrogens (tertiary/aromatic N) is 1. The lowest BCUT2D eigenvalue weighted by Crippen LogP contribution is -2.53. The number of hydrogen-bond donors (Lipinski definition) is 2. The number of fused-ring (bicyclic) bond motifs is 1. The van der Waals surface area contributed by atoms with E-state index in [9.17, 15) is 9.59 Å². The van der Waals surface area contributed by atoms with Crippen LogP contribution in [-0.2, 0) is 19.1 Å². The van der Waals surface area contributed by atoms with Gasteiger partial charge in [-0.2, -0.15) is 0 Å². The van der Waals surface area contributed by atoms with Gasteiger partial charge in [-0.3, -0.25) is 9.69 Å². The molecule has 0 saturated carbocycles. The number of rotatable bonds is 6. The molecule has 7 nitrogen and oxygen atoms in total. The molecular weight excluding hydrogens is 406 g/mol. The van der Waals surface area contributed by atoms with Crippen molar-refractivity contribution in [3.63, 3.8) is 0 Å². The molecule has 1 aliphatic heterocycles. The molecule has 4 rings (SSSR count). The van der Waals surface area contributed by atoms with Crippen LogP contribution in [0.2, 0.25) is 0 Å². The molecule has 2 heterocycles. The van der Waals surface area contributed by atoms with Crippen LogP contribution in [0.1, 0.15) is 44.1 Å². The van der Waals surface area contributed by atoms with E-state index in [0.29, 0.717) is 12.3 Å². The van der Waals surface area contributed by atoms with E-state index in [0.717, 1.165) is 16.5 Å². The predicted molar refractivity (Wildman–Crippen MR) is 122 cm³/mol. The number of esters is 1. The third-order valence-corrected chi connectivity index (χ3v) is 6.12. The molecule has 7 heteroatoms. The second kappa shape index (κ2) is 8.76. The van der Waals surface area contributed by atoms with Gasteiger partial charge in [0.25, 0.3) is 0 Å². The number of methoxy groups -OCH3 is 1. The minimum atomic E-state index is -0.941. The molecular formula is C25H29N3O4. The number of ether oxygens (including phenoxy) is 2. The Labute approximate surface area is 187 Å². The van der Waals surface area contributed by atoms with Gasteiger partial charge in [-0.1, -0.05) is 48.5 Å². The fourth-order valence-corrected chi connectivity index (χ4v) is 4.50. The van der Waals surface area contributed by atoms with Crippen LogP contribution < -0.4 is 5.32 Å².